The highest BCUT2D eigenvalue weighted by molar-refractivity contribution is 5.91. The zero-order valence-corrected chi connectivity index (χ0v) is 14.9. The van der Waals surface area contributed by atoms with Gasteiger partial charge >= 0.3 is 0 Å². The van der Waals surface area contributed by atoms with Gasteiger partial charge in [-0.15, -0.1) is 0 Å². The monoisotopic (exact) mass is 347 g/mol. The number of carbonyl (C=O) groups excluding carboxylic acids is 1. The van der Waals surface area contributed by atoms with Gasteiger partial charge in [0.1, 0.15) is 5.76 Å². The maximum atomic E-state index is 11.7. The number of nitrogens with zero attached hydrogens (tertiary/aromatic N) is 2. The minimum atomic E-state index is -0.237. The first-order valence-electron chi connectivity index (χ1n) is 8.42. The Hall–Kier alpha value is -2.77. The van der Waals surface area contributed by atoms with E-state index in [0.717, 1.165) is 29.9 Å². The molecule has 2 aromatic rings. The average molecular weight is 347 g/mol. The Morgan fingerprint density at radius 2 is 2.00 bits per heavy atom. The van der Waals surface area contributed by atoms with Crippen molar-refractivity contribution in [2.24, 2.45) is 4.99 Å². The second kappa shape index (κ2) is 9.51. The molecule has 2 rings (SSSR count). The number of guanidine groups is 1. The van der Waals surface area contributed by atoms with E-state index in [0.29, 0.717) is 31.4 Å². The fourth-order valence-corrected chi connectivity index (χ4v) is 2.38. The molecule has 0 aliphatic rings. The third kappa shape index (κ3) is 5.10. The van der Waals surface area contributed by atoms with Crippen LogP contribution < -0.4 is 16.0 Å². The molecule has 1 amide bonds. The van der Waals surface area contributed by atoms with Gasteiger partial charge in [-0.25, -0.2) is 0 Å². The molecule has 0 aliphatic carbocycles. The minimum Gasteiger partial charge on any atom is -0.459 e. The quantitative estimate of drug-likeness (QED) is 0.380. The van der Waals surface area contributed by atoms with E-state index >= 15 is 0 Å². The Kier molecular flexibility index (Phi) is 7.06. The number of hydrogen-bond acceptors (Lipinski definition) is 5. The number of rotatable bonds is 8. The van der Waals surface area contributed by atoms with Crippen molar-refractivity contribution in [1.29, 1.82) is 0 Å². The summed E-state index contributed by atoms with van der Waals surface area (Å²) in [6.07, 6.45) is 3.10. The fourth-order valence-electron chi connectivity index (χ4n) is 2.38. The average Bonchev–Trinajstić information content (AvgIpc) is 3.30. The van der Waals surface area contributed by atoms with Crippen LogP contribution in [0.25, 0.3) is 0 Å². The van der Waals surface area contributed by atoms with Crippen LogP contribution in [0.1, 0.15) is 41.4 Å². The minimum absolute atomic E-state index is 0.237. The predicted octanol–water partition coefficient (Wildman–Crippen LogP) is 1.49. The molecular weight excluding hydrogens is 322 g/mol. The van der Waals surface area contributed by atoms with Crippen molar-refractivity contribution in [2.75, 3.05) is 20.1 Å². The second-order valence-corrected chi connectivity index (χ2v) is 5.32. The van der Waals surface area contributed by atoms with Crippen molar-refractivity contribution in [3.63, 3.8) is 0 Å². The fraction of sp³-hybridized carbons (Fsp3) is 0.471. The molecule has 2 aromatic heterocycles. The Labute approximate surface area is 147 Å². The molecule has 25 heavy (non-hydrogen) atoms. The van der Waals surface area contributed by atoms with E-state index in [1.54, 1.807) is 19.2 Å². The predicted molar refractivity (Wildman–Crippen MR) is 94.5 cm³/mol. The molecule has 0 aliphatic heterocycles. The Balaban J connectivity index is 1.76. The summed E-state index contributed by atoms with van der Waals surface area (Å²) in [5, 5.41) is 13.3. The lowest BCUT2D eigenvalue weighted by atomic mass is 10.1. The molecule has 2 heterocycles. The number of hydrogen-bond donors (Lipinski definition) is 3. The Bertz CT molecular complexity index is 670. The lowest BCUT2D eigenvalue weighted by molar-refractivity contribution is 0.0926. The number of carbonyl (C=O) groups is 1. The molecule has 3 N–H and O–H groups in total. The van der Waals surface area contributed by atoms with Crippen LogP contribution in [-0.2, 0) is 19.4 Å². The van der Waals surface area contributed by atoms with Gasteiger partial charge in [0, 0.05) is 38.7 Å². The third-order valence-electron chi connectivity index (χ3n) is 3.71. The number of aromatic nitrogens is 1. The van der Waals surface area contributed by atoms with E-state index in [2.05, 4.69) is 33.0 Å². The number of amides is 1. The normalized spacial score (nSPS) is 11.4. The highest BCUT2D eigenvalue weighted by Crippen LogP contribution is 2.15. The number of nitrogens with one attached hydrogen (secondary N) is 3. The largest absolute Gasteiger partial charge is 0.459 e. The summed E-state index contributed by atoms with van der Waals surface area (Å²) in [5.41, 5.74) is 2.05. The maximum absolute atomic E-state index is 11.7. The molecule has 0 spiro atoms. The molecule has 8 nitrogen and oxygen atoms in total. The summed E-state index contributed by atoms with van der Waals surface area (Å²) in [7, 11) is 1.70. The smallest absolute Gasteiger partial charge is 0.287 e. The van der Waals surface area contributed by atoms with Gasteiger partial charge in [0.2, 0.25) is 0 Å². The van der Waals surface area contributed by atoms with Crippen molar-refractivity contribution >= 4 is 11.9 Å². The molecule has 0 saturated carbocycles. The highest BCUT2D eigenvalue weighted by Gasteiger charge is 2.13. The molecule has 0 fully saturated rings. The van der Waals surface area contributed by atoms with E-state index in [-0.39, 0.29) is 5.91 Å². The van der Waals surface area contributed by atoms with Crippen molar-refractivity contribution in [1.82, 2.24) is 21.1 Å². The number of aliphatic imine (C=N–C) groups is 1. The van der Waals surface area contributed by atoms with E-state index in [1.165, 1.54) is 6.26 Å². The molecule has 0 unspecified atom stereocenters. The zero-order chi connectivity index (χ0) is 18.1. The van der Waals surface area contributed by atoms with Gasteiger partial charge in [0.05, 0.1) is 12.0 Å². The van der Waals surface area contributed by atoms with Crippen LogP contribution in [0.5, 0.6) is 0 Å². The number of furan rings is 1. The molecule has 0 atom stereocenters. The summed E-state index contributed by atoms with van der Waals surface area (Å²) in [6, 6.07) is 3.30. The first-order chi connectivity index (χ1) is 12.2. The van der Waals surface area contributed by atoms with Gasteiger partial charge in [-0.05, 0) is 18.6 Å². The topological polar surface area (TPSA) is 105 Å². The van der Waals surface area contributed by atoms with Crippen molar-refractivity contribution in [3.8, 4) is 0 Å². The number of aryl methyl sites for hydroxylation is 2. The van der Waals surface area contributed by atoms with E-state index in [9.17, 15) is 4.79 Å². The van der Waals surface area contributed by atoms with Crippen LogP contribution in [0, 0.1) is 0 Å². The van der Waals surface area contributed by atoms with Crippen LogP contribution in [0.3, 0.4) is 0 Å². The Morgan fingerprint density at radius 3 is 2.64 bits per heavy atom. The van der Waals surface area contributed by atoms with Crippen LogP contribution in [0.2, 0.25) is 0 Å². The molecule has 8 heteroatoms. The summed E-state index contributed by atoms with van der Waals surface area (Å²) in [4.78, 5) is 15.9. The highest BCUT2D eigenvalue weighted by atomic mass is 16.5. The van der Waals surface area contributed by atoms with E-state index < -0.39 is 0 Å². The summed E-state index contributed by atoms with van der Waals surface area (Å²) >= 11 is 0. The standard InChI is InChI=1S/C17H25N5O3/c1-4-13-12(14(5-2)25-22-13)11-21-17(18-3)20-9-8-19-16(23)15-7-6-10-24-15/h6-7,10H,4-5,8-9,11H2,1-3H3,(H,19,23)(H2,18,20,21). The van der Waals surface area contributed by atoms with Gasteiger partial charge in [-0.3, -0.25) is 9.79 Å². The summed E-state index contributed by atoms with van der Waals surface area (Å²) in [6.45, 7) is 5.67. The molecule has 136 valence electrons. The lowest BCUT2D eigenvalue weighted by Gasteiger charge is -2.12. The third-order valence-corrected chi connectivity index (χ3v) is 3.71. The summed E-state index contributed by atoms with van der Waals surface area (Å²) in [5.74, 6) is 1.61. The van der Waals surface area contributed by atoms with E-state index in [1.807, 2.05) is 6.92 Å². The first kappa shape index (κ1) is 18.6. The second-order valence-electron chi connectivity index (χ2n) is 5.32. The first-order valence-corrected chi connectivity index (χ1v) is 8.42. The van der Waals surface area contributed by atoms with Crippen molar-refractivity contribution in [3.05, 3.63) is 41.2 Å². The Morgan fingerprint density at radius 1 is 1.20 bits per heavy atom. The maximum Gasteiger partial charge on any atom is 0.287 e. The SMILES string of the molecule is CCc1noc(CC)c1CNC(=NC)NCCNC(=O)c1ccco1. The van der Waals surface area contributed by atoms with Crippen LogP contribution in [-0.4, -0.2) is 37.2 Å². The van der Waals surface area contributed by atoms with Crippen LogP contribution >= 0.6 is 0 Å². The molecule has 0 radical (unpaired) electrons. The molecule has 0 bridgehead atoms. The van der Waals surface area contributed by atoms with Crippen molar-refractivity contribution in [2.45, 2.75) is 33.2 Å². The summed E-state index contributed by atoms with van der Waals surface area (Å²) < 4.78 is 10.4. The molecule has 0 aromatic carbocycles. The molecular formula is C17H25N5O3. The zero-order valence-electron chi connectivity index (χ0n) is 14.9. The van der Waals surface area contributed by atoms with Gasteiger partial charge in [0.25, 0.3) is 5.91 Å². The molecule has 0 saturated heterocycles. The van der Waals surface area contributed by atoms with Crippen LogP contribution in [0.4, 0.5) is 0 Å². The van der Waals surface area contributed by atoms with Gasteiger partial charge < -0.3 is 24.9 Å². The van der Waals surface area contributed by atoms with Crippen LogP contribution in [0.15, 0.2) is 32.3 Å². The lowest BCUT2D eigenvalue weighted by Crippen LogP contribution is -2.41. The van der Waals surface area contributed by atoms with Crippen molar-refractivity contribution < 1.29 is 13.7 Å². The van der Waals surface area contributed by atoms with Gasteiger partial charge in [-0.1, -0.05) is 19.0 Å². The van der Waals surface area contributed by atoms with E-state index in [4.69, 9.17) is 8.94 Å². The van der Waals surface area contributed by atoms with Gasteiger partial charge in [-0.2, -0.15) is 0 Å². The van der Waals surface area contributed by atoms with Gasteiger partial charge in [0.15, 0.2) is 11.7 Å².